The van der Waals surface area contributed by atoms with Crippen LogP contribution < -0.4 is 11.1 Å². The van der Waals surface area contributed by atoms with Crippen LogP contribution in [0, 0.1) is 0 Å². The molecule has 2 rings (SSSR count). The van der Waals surface area contributed by atoms with Crippen molar-refractivity contribution in [2.45, 2.75) is 37.0 Å². The molecule has 1 heterocycles. The number of benzene rings is 1. The maximum atomic E-state index is 12.4. The molecule has 126 valence electrons. The number of nitrogens with one attached hydrogen (secondary N) is 1. The molecule has 23 heavy (non-hydrogen) atoms. The normalized spacial score (nSPS) is 15.6. The largest absolute Gasteiger partial charge is 0.375 e. The fourth-order valence-corrected chi connectivity index (χ4v) is 3.44. The van der Waals surface area contributed by atoms with Gasteiger partial charge in [0.25, 0.3) is 0 Å². The van der Waals surface area contributed by atoms with Crippen LogP contribution in [0.4, 0.5) is 5.69 Å². The van der Waals surface area contributed by atoms with Gasteiger partial charge in [0.1, 0.15) is 0 Å². The lowest BCUT2D eigenvalue weighted by Crippen LogP contribution is -2.37. The van der Waals surface area contributed by atoms with E-state index in [4.69, 9.17) is 5.73 Å². The zero-order valence-corrected chi connectivity index (χ0v) is 14.2. The predicted octanol–water partition coefficient (Wildman–Crippen LogP) is 2.47. The van der Waals surface area contributed by atoms with E-state index in [1.807, 2.05) is 29.2 Å². The van der Waals surface area contributed by atoms with Crippen LogP contribution in [0.2, 0.25) is 0 Å². The summed E-state index contributed by atoms with van der Waals surface area (Å²) >= 11 is 1.39. The number of para-hydroxylation sites is 1. The third kappa shape index (κ3) is 6.14. The predicted molar refractivity (Wildman–Crippen MR) is 94.5 cm³/mol. The van der Waals surface area contributed by atoms with Crippen LogP contribution >= 0.6 is 11.8 Å². The molecule has 1 fully saturated rings. The fraction of sp³-hybridized carbons (Fsp3) is 0.529. The van der Waals surface area contributed by atoms with E-state index < -0.39 is 0 Å². The van der Waals surface area contributed by atoms with Crippen molar-refractivity contribution < 1.29 is 9.59 Å². The SMILES string of the molecule is NC(=O)CSc1ccccc1NCC(=O)N1CCCCCCC1. The first-order valence-electron chi connectivity index (χ1n) is 8.18. The van der Waals surface area contributed by atoms with E-state index in [1.54, 1.807) is 0 Å². The van der Waals surface area contributed by atoms with Crippen LogP contribution in [0.3, 0.4) is 0 Å². The number of thioether (sulfide) groups is 1. The minimum Gasteiger partial charge on any atom is -0.375 e. The second kappa shape index (κ2) is 9.45. The van der Waals surface area contributed by atoms with Gasteiger partial charge in [-0.05, 0) is 25.0 Å². The smallest absolute Gasteiger partial charge is 0.241 e. The van der Waals surface area contributed by atoms with Crippen molar-refractivity contribution in [3.8, 4) is 0 Å². The zero-order chi connectivity index (χ0) is 16.5. The molecule has 5 nitrogen and oxygen atoms in total. The minimum absolute atomic E-state index is 0.140. The number of nitrogens with two attached hydrogens (primary N) is 1. The standard InChI is InChI=1S/C17H25N3O2S/c18-16(21)13-23-15-9-5-4-8-14(15)19-12-17(22)20-10-6-2-1-3-7-11-20/h4-5,8-9,19H,1-3,6-7,10-13H2,(H2,18,21). The maximum Gasteiger partial charge on any atom is 0.241 e. The van der Waals surface area contributed by atoms with Gasteiger partial charge in [-0.25, -0.2) is 0 Å². The number of rotatable bonds is 6. The summed E-state index contributed by atoms with van der Waals surface area (Å²) in [5, 5.41) is 3.21. The highest BCUT2D eigenvalue weighted by Gasteiger charge is 2.15. The molecule has 1 aromatic rings. The topological polar surface area (TPSA) is 75.4 Å². The molecule has 0 aromatic heterocycles. The van der Waals surface area contributed by atoms with E-state index in [9.17, 15) is 9.59 Å². The number of anilines is 1. The molecule has 1 aromatic carbocycles. The molecule has 0 bridgehead atoms. The lowest BCUT2D eigenvalue weighted by atomic mass is 10.1. The number of hydrogen-bond donors (Lipinski definition) is 2. The summed E-state index contributed by atoms with van der Waals surface area (Å²) in [5.41, 5.74) is 6.07. The Bertz CT molecular complexity index is 528. The number of carbonyl (C=O) groups is 2. The highest BCUT2D eigenvalue weighted by atomic mass is 32.2. The van der Waals surface area contributed by atoms with Crippen LogP contribution in [-0.4, -0.2) is 42.1 Å². The van der Waals surface area contributed by atoms with Gasteiger partial charge in [-0.3, -0.25) is 9.59 Å². The van der Waals surface area contributed by atoms with Gasteiger partial charge in [0.2, 0.25) is 11.8 Å². The first-order valence-corrected chi connectivity index (χ1v) is 9.17. The summed E-state index contributed by atoms with van der Waals surface area (Å²) < 4.78 is 0. The fourth-order valence-electron chi connectivity index (χ4n) is 2.67. The Hall–Kier alpha value is -1.69. The number of nitrogens with zero attached hydrogens (tertiary/aromatic N) is 1. The number of primary amides is 1. The van der Waals surface area contributed by atoms with Gasteiger partial charge in [0.15, 0.2) is 0 Å². The molecule has 2 amide bonds. The summed E-state index contributed by atoms with van der Waals surface area (Å²) in [6, 6.07) is 7.67. The third-order valence-electron chi connectivity index (χ3n) is 3.90. The van der Waals surface area contributed by atoms with Crippen LogP contribution in [-0.2, 0) is 9.59 Å². The first-order chi connectivity index (χ1) is 11.2. The molecule has 0 unspecified atom stereocenters. The second-order valence-electron chi connectivity index (χ2n) is 5.75. The molecular weight excluding hydrogens is 310 g/mol. The average molecular weight is 335 g/mol. The molecule has 0 aliphatic carbocycles. The molecule has 1 saturated heterocycles. The number of carbonyl (C=O) groups excluding carboxylic acids is 2. The van der Waals surface area contributed by atoms with E-state index in [1.165, 1.54) is 31.0 Å². The first kappa shape index (κ1) is 17.7. The van der Waals surface area contributed by atoms with Crippen molar-refractivity contribution in [1.82, 2.24) is 4.90 Å². The highest BCUT2D eigenvalue weighted by Crippen LogP contribution is 2.26. The third-order valence-corrected chi connectivity index (χ3v) is 4.99. The van der Waals surface area contributed by atoms with E-state index in [0.29, 0.717) is 0 Å². The van der Waals surface area contributed by atoms with Crippen molar-refractivity contribution in [2.24, 2.45) is 5.73 Å². The highest BCUT2D eigenvalue weighted by molar-refractivity contribution is 8.00. The maximum absolute atomic E-state index is 12.4. The van der Waals surface area contributed by atoms with Crippen molar-refractivity contribution >= 4 is 29.3 Å². The Morgan fingerprint density at radius 3 is 2.43 bits per heavy atom. The monoisotopic (exact) mass is 335 g/mol. The van der Waals surface area contributed by atoms with Crippen molar-refractivity contribution in [2.75, 3.05) is 30.7 Å². The van der Waals surface area contributed by atoms with Gasteiger partial charge in [-0.2, -0.15) is 0 Å². The van der Waals surface area contributed by atoms with Crippen LogP contribution in [0.1, 0.15) is 32.1 Å². The summed E-state index contributed by atoms with van der Waals surface area (Å²) in [6.45, 7) is 2.01. The van der Waals surface area contributed by atoms with E-state index >= 15 is 0 Å². The number of amides is 2. The lowest BCUT2D eigenvalue weighted by Gasteiger charge is -2.25. The quantitative estimate of drug-likeness (QED) is 0.783. The summed E-state index contributed by atoms with van der Waals surface area (Å²) in [4.78, 5) is 26.2. The Balaban J connectivity index is 1.89. The molecule has 1 aliphatic rings. The van der Waals surface area contributed by atoms with Gasteiger partial charge in [-0.15, -0.1) is 11.8 Å². The Labute approximate surface area is 142 Å². The van der Waals surface area contributed by atoms with Gasteiger partial charge in [-0.1, -0.05) is 31.4 Å². The Morgan fingerprint density at radius 1 is 1.09 bits per heavy atom. The Kier molecular flexibility index (Phi) is 7.26. The van der Waals surface area contributed by atoms with Crippen molar-refractivity contribution in [3.63, 3.8) is 0 Å². The molecule has 0 spiro atoms. The average Bonchev–Trinajstić information content (AvgIpc) is 2.51. The number of likely N-dealkylation sites (tertiary alicyclic amines) is 1. The van der Waals surface area contributed by atoms with Crippen LogP contribution in [0.25, 0.3) is 0 Å². The molecular formula is C17H25N3O2S. The summed E-state index contributed by atoms with van der Waals surface area (Å²) in [5.74, 6) is 0.0294. The van der Waals surface area contributed by atoms with E-state index in [-0.39, 0.29) is 24.1 Å². The minimum atomic E-state index is -0.346. The molecule has 1 aliphatic heterocycles. The van der Waals surface area contributed by atoms with E-state index in [0.717, 1.165) is 36.5 Å². The van der Waals surface area contributed by atoms with Crippen molar-refractivity contribution in [3.05, 3.63) is 24.3 Å². The van der Waals surface area contributed by atoms with Crippen LogP contribution in [0.15, 0.2) is 29.2 Å². The molecule has 0 saturated carbocycles. The number of hydrogen-bond acceptors (Lipinski definition) is 4. The molecule has 6 heteroatoms. The van der Waals surface area contributed by atoms with Gasteiger partial charge < -0.3 is 16.0 Å². The molecule has 0 radical (unpaired) electrons. The zero-order valence-electron chi connectivity index (χ0n) is 13.4. The molecule has 3 N–H and O–H groups in total. The second-order valence-corrected chi connectivity index (χ2v) is 6.77. The van der Waals surface area contributed by atoms with Crippen LogP contribution in [0.5, 0.6) is 0 Å². The van der Waals surface area contributed by atoms with E-state index in [2.05, 4.69) is 5.32 Å². The van der Waals surface area contributed by atoms with Gasteiger partial charge >= 0.3 is 0 Å². The van der Waals surface area contributed by atoms with Gasteiger partial charge in [0.05, 0.1) is 12.3 Å². The lowest BCUT2D eigenvalue weighted by molar-refractivity contribution is -0.129. The summed E-state index contributed by atoms with van der Waals surface area (Å²) in [7, 11) is 0. The molecule has 0 atom stereocenters. The Morgan fingerprint density at radius 2 is 1.74 bits per heavy atom. The summed E-state index contributed by atoms with van der Waals surface area (Å²) in [6.07, 6.45) is 5.89. The van der Waals surface area contributed by atoms with Crippen molar-refractivity contribution in [1.29, 1.82) is 0 Å². The van der Waals surface area contributed by atoms with Gasteiger partial charge in [0, 0.05) is 23.7 Å².